The third-order valence-corrected chi connectivity index (χ3v) is 4.52. The zero-order valence-electron chi connectivity index (χ0n) is 13.7. The average molecular weight is 347 g/mol. The van der Waals surface area contributed by atoms with Gasteiger partial charge in [0, 0.05) is 17.0 Å². The van der Waals surface area contributed by atoms with Gasteiger partial charge in [0.25, 0.3) is 5.91 Å². The molecule has 2 rings (SSSR count). The van der Waals surface area contributed by atoms with Gasteiger partial charge in [-0.05, 0) is 49.9 Å². The lowest BCUT2D eigenvalue weighted by atomic mass is 9.90. The maximum Gasteiger partial charge on any atom is 0.309 e. The van der Waals surface area contributed by atoms with Gasteiger partial charge in [0.2, 0.25) is 0 Å². The van der Waals surface area contributed by atoms with Crippen molar-refractivity contribution >= 4 is 23.2 Å². The summed E-state index contributed by atoms with van der Waals surface area (Å²) in [7, 11) is 0. The third-order valence-electron chi connectivity index (χ3n) is 3.67. The van der Waals surface area contributed by atoms with Gasteiger partial charge in [0.05, 0.1) is 5.41 Å². The first-order valence-electron chi connectivity index (χ1n) is 7.65. The normalized spacial score (nSPS) is 11.1. The van der Waals surface area contributed by atoms with Crippen molar-refractivity contribution in [3.05, 3.63) is 52.2 Å². The maximum atomic E-state index is 12.2. The van der Waals surface area contributed by atoms with Crippen molar-refractivity contribution in [3.8, 4) is 5.75 Å². The van der Waals surface area contributed by atoms with Crippen LogP contribution in [0.25, 0.3) is 0 Å². The van der Waals surface area contributed by atoms with Crippen LogP contribution < -0.4 is 10.1 Å². The molecule has 0 saturated carbocycles. The molecule has 5 nitrogen and oxygen atoms in total. The van der Waals surface area contributed by atoms with Crippen LogP contribution in [0.5, 0.6) is 5.75 Å². The molecule has 0 unspecified atom stereocenters. The molecule has 0 aliphatic rings. The van der Waals surface area contributed by atoms with Crippen molar-refractivity contribution in [2.75, 3.05) is 6.54 Å². The number of hydrogen-bond donors (Lipinski definition) is 2. The molecule has 0 radical (unpaired) electrons. The highest BCUT2D eigenvalue weighted by atomic mass is 32.1. The van der Waals surface area contributed by atoms with Gasteiger partial charge < -0.3 is 15.2 Å². The summed E-state index contributed by atoms with van der Waals surface area (Å²) >= 11 is 1.62. The van der Waals surface area contributed by atoms with Gasteiger partial charge in [-0.15, -0.1) is 11.3 Å². The Kier molecular flexibility index (Phi) is 5.98. The molecule has 0 fully saturated rings. The highest BCUT2D eigenvalue weighted by molar-refractivity contribution is 7.09. The number of carbonyl (C=O) groups excluding carboxylic acids is 1. The summed E-state index contributed by atoms with van der Waals surface area (Å²) < 4.78 is 5.68. The molecule has 1 aromatic heterocycles. The number of rotatable bonds is 8. The third kappa shape index (κ3) is 5.09. The van der Waals surface area contributed by atoms with Crippen LogP contribution in [0.15, 0.2) is 41.8 Å². The van der Waals surface area contributed by atoms with Crippen LogP contribution in [0.4, 0.5) is 0 Å². The molecule has 128 valence electrons. The number of carbonyl (C=O) groups is 2. The minimum absolute atomic E-state index is 0.238. The lowest BCUT2D eigenvalue weighted by molar-refractivity contribution is -0.147. The van der Waals surface area contributed by atoms with Gasteiger partial charge in [-0.2, -0.15) is 0 Å². The summed E-state index contributed by atoms with van der Waals surface area (Å²) in [5, 5.41) is 13.8. The Morgan fingerprint density at radius 3 is 2.71 bits per heavy atom. The number of carboxylic acid groups (broad SMARTS) is 1. The molecule has 2 N–H and O–H groups in total. The van der Waals surface area contributed by atoms with Crippen LogP contribution >= 0.6 is 11.3 Å². The van der Waals surface area contributed by atoms with Crippen molar-refractivity contribution in [1.82, 2.24) is 5.32 Å². The van der Waals surface area contributed by atoms with Crippen molar-refractivity contribution in [2.45, 2.75) is 26.9 Å². The zero-order valence-corrected chi connectivity index (χ0v) is 14.6. The Hall–Kier alpha value is -2.34. The monoisotopic (exact) mass is 347 g/mol. The summed E-state index contributed by atoms with van der Waals surface area (Å²) in [6.07, 6.45) is 0.364. The second kappa shape index (κ2) is 7.97. The molecule has 0 aliphatic heterocycles. The Balaban J connectivity index is 1.88. The maximum absolute atomic E-state index is 12.2. The largest absolute Gasteiger partial charge is 0.488 e. The molecule has 6 heteroatoms. The van der Waals surface area contributed by atoms with Gasteiger partial charge in [-0.25, -0.2) is 0 Å². The zero-order chi connectivity index (χ0) is 17.6. The molecule has 1 aromatic carbocycles. The van der Waals surface area contributed by atoms with Crippen molar-refractivity contribution in [1.29, 1.82) is 0 Å². The molecule has 2 aromatic rings. The van der Waals surface area contributed by atoms with E-state index in [-0.39, 0.29) is 5.91 Å². The van der Waals surface area contributed by atoms with E-state index in [0.29, 0.717) is 30.9 Å². The fourth-order valence-corrected chi connectivity index (χ4v) is 2.59. The molecule has 0 aliphatic carbocycles. The topological polar surface area (TPSA) is 75.6 Å². The number of amides is 1. The van der Waals surface area contributed by atoms with Gasteiger partial charge in [-0.1, -0.05) is 12.1 Å². The van der Waals surface area contributed by atoms with Crippen LogP contribution in [-0.2, 0) is 11.4 Å². The lowest BCUT2D eigenvalue weighted by Gasteiger charge is -2.18. The summed E-state index contributed by atoms with van der Waals surface area (Å²) in [6, 6.07) is 10.9. The first-order chi connectivity index (χ1) is 11.4. The summed E-state index contributed by atoms with van der Waals surface area (Å²) in [6.45, 7) is 4.05. The SMILES string of the molecule is CC(C)(CCNC(=O)c1cccc(OCc2cccs2)c1)C(=O)O. The molecular formula is C18H21NO4S. The lowest BCUT2D eigenvalue weighted by Crippen LogP contribution is -2.31. The van der Waals surface area contributed by atoms with Crippen molar-refractivity contribution in [2.24, 2.45) is 5.41 Å². The smallest absolute Gasteiger partial charge is 0.309 e. The number of aliphatic carboxylic acids is 1. The Bertz CT molecular complexity index is 695. The molecule has 0 spiro atoms. The number of nitrogens with one attached hydrogen (secondary N) is 1. The van der Waals surface area contributed by atoms with Gasteiger partial charge in [0.1, 0.15) is 12.4 Å². The number of thiophene rings is 1. The fourth-order valence-electron chi connectivity index (χ4n) is 1.97. The van der Waals surface area contributed by atoms with Crippen molar-refractivity contribution < 1.29 is 19.4 Å². The van der Waals surface area contributed by atoms with Gasteiger partial charge in [-0.3, -0.25) is 9.59 Å². The summed E-state index contributed by atoms with van der Waals surface area (Å²) in [4.78, 5) is 24.3. The number of ether oxygens (including phenoxy) is 1. The van der Waals surface area contributed by atoms with E-state index >= 15 is 0 Å². The molecule has 1 heterocycles. The van der Waals surface area contributed by atoms with E-state index in [0.717, 1.165) is 4.88 Å². The molecular weight excluding hydrogens is 326 g/mol. The molecule has 24 heavy (non-hydrogen) atoms. The van der Waals surface area contributed by atoms with Crippen molar-refractivity contribution in [3.63, 3.8) is 0 Å². The molecule has 1 amide bonds. The van der Waals surface area contributed by atoms with E-state index in [1.165, 1.54) is 0 Å². The van der Waals surface area contributed by atoms with Crippen LogP contribution in [0, 0.1) is 5.41 Å². The Morgan fingerprint density at radius 2 is 2.04 bits per heavy atom. The Morgan fingerprint density at radius 1 is 1.25 bits per heavy atom. The minimum Gasteiger partial charge on any atom is -0.488 e. The molecule has 0 saturated heterocycles. The van der Waals surface area contributed by atoms with Crippen LogP contribution in [-0.4, -0.2) is 23.5 Å². The summed E-state index contributed by atoms with van der Waals surface area (Å²) in [5.74, 6) is -0.486. The first kappa shape index (κ1) is 18.0. The van der Waals surface area contributed by atoms with E-state index in [1.54, 1.807) is 49.4 Å². The molecule has 0 bridgehead atoms. The van der Waals surface area contributed by atoms with Crippen LogP contribution in [0.1, 0.15) is 35.5 Å². The predicted molar refractivity (Wildman–Crippen MR) is 93.5 cm³/mol. The highest BCUT2D eigenvalue weighted by Gasteiger charge is 2.26. The second-order valence-corrected chi connectivity index (χ2v) is 7.12. The predicted octanol–water partition coefficient (Wildman–Crippen LogP) is 3.56. The fraction of sp³-hybridized carbons (Fsp3) is 0.333. The minimum atomic E-state index is -0.874. The van der Waals surface area contributed by atoms with E-state index in [9.17, 15) is 9.59 Å². The summed E-state index contributed by atoms with van der Waals surface area (Å²) in [5.41, 5.74) is -0.370. The number of benzene rings is 1. The first-order valence-corrected chi connectivity index (χ1v) is 8.53. The second-order valence-electron chi connectivity index (χ2n) is 6.09. The van der Waals surface area contributed by atoms with E-state index in [4.69, 9.17) is 9.84 Å². The van der Waals surface area contributed by atoms with Gasteiger partial charge >= 0.3 is 5.97 Å². The highest BCUT2D eigenvalue weighted by Crippen LogP contribution is 2.20. The van der Waals surface area contributed by atoms with E-state index in [1.807, 2.05) is 17.5 Å². The van der Waals surface area contributed by atoms with Gasteiger partial charge in [0.15, 0.2) is 0 Å². The standard InChI is InChI=1S/C18H21NO4S/c1-18(2,17(21)22)8-9-19-16(20)13-5-3-6-14(11-13)23-12-15-7-4-10-24-15/h3-7,10-11H,8-9,12H2,1-2H3,(H,19,20)(H,21,22). The molecule has 0 atom stereocenters. The Labute approximate surface area is 145 Å². The van der Waals surface area contributed by atoms with E-state index < -0.39 is 11.4 Å². The van der Waals surface area contributed by atoms with Crippen LogP contribution in [0.3, 0.4) is 0 Å². The quantitative estimate of drug-likeness (QED) is 0.765. The average Bonchev–Trinajstić information content (AvgIpc) is 3.06. The number of hydrogen-bond acceptors (Lipinski definition) is 4. The number of carboxylic acids is 1. The van der Waals surface area contributed by atoms with E-state index in [2.05, 4.69) is 5.32 Å². The van der Waals surface area contributed by atoms with Crippen LogP contribution in [0.2, 0.25) is 0 Å².